The third-order valence-corrected chi connectivity index (χ3v) is 4.86. The molecule has 2 aliphatic rings. The van der Waals surface area contributed by atoms with E-state index in [-0.39, 0.29) is 12.8 Å². The van der Waals surface area contributed by atoms with Gasteiger partial charge < -0.3 is 10.4 Å². The van der Waals surface area contributed by atoms with Gasteiger partial charge in [0.2, 0.25) is 5.91 Å². The molecule has 0 heterocycles. The molecule has 0 spiro atoms. The first-order valence-electron chi connectivity index (χ1n) is 7.39. The molecule has 0 unspecified atom stereocenters. The molecule has 3 rings (SSSR count). The van der Waals surface area contributed by atoms with Gasteiger partial charge in [-0.3, -0.25) is 4.79 Å². The molecule has 0 radical (unpaired) electrons. The van der Waals surface area contributed by atoms with E-state index in [0.717, 1.165) is 11.1 Å². The van der Waals surface area contributed by atoms with Gasteiger partial charge in [0, 0.05) is 6.42 Å². The molecule has 1 saturated carbocycles. The van der Waals surface area contributed by atoms with Crippen molar-refractivity contribution in [3.8, 4) is 0 Å². The number of fused-ring (bicyclic) bond motifs is 1. The van der Waals surface area contributed by atoms with Crippen molar-refractivity contribution in [3.63, 3.8) is 0 Å². The summed E-state index contributed by atoms with van der Waals surface area (Å²) in [4.78, 5) is 12.4. The SMILES string of the molecule is O=C(N[C@H]1c2ccccc2C[C@H]1O)C1(C(F)F)CCCC1. The van der Waals surface area contributed by atoms with Crippen LogP contribution in [0.5, 0.6) is 0 Å². The van der Waals surface area contributed by atoms with Crippen molar-refractivity contribution in [2.45, 2.75) is 50.7 Å². The fourth-order valence-corrected chi connectivity index (χ4v) is 3.58. The molecule has 3 nitrogen and oxygen atoms in total. The first kappa shape index (κ1) is 14.4. The summed E-state index contributed by atoms with van der Waals surface area (Å²) in [6.07, 6.45) is -1.20. The molecule has 0 aromatic heterocycles. The minimum absolute atomic E-state index is 0.223. The number of aliphatic hydroxyl groups is 1. The van der Waals surface area contributed by atoms with E-state index in [1.54, 1.807) is 0 Å². The summed E-state index contributed by atoms with van der Waals surface area (Å²) < 4.78 is 26.8. The average molecular weight is 295 g/mol. The Balaban J connectivity index is 1.82. The van der Waals surface area contributed by atoms with E-state index in [9.17, 15) is 18.7 Å². The molecule has 1 amide bonds. The van der Waals surface area contributed by atoms with E-state index in [4.69, 9.17) is 0 Å². The highest BCUT2D eigenvalue weighted by molar-refractivity contribution is 5.84. The van der Waals surface area contributed by atoms with Gasteiger partial charge in [-0.15, -0.1) is 0 Å². The zero-order chi connectivity index (χ0) is 15.0. The number of nitrogens with one attached hydrogen (secondary N) is 1. The Morgan fingerprint density at radius 2 is 1.95 bits per heavy atom. The zero-order valence-electron chi connectivity index (χ0n) is 11.7. The molecule has 2 atom stereocenters. The van der Waals surface area contributed by atoms with Crippen LogP contribution in [0.2, 0.25) is 0 Å². The molecule has 21 heavy (non-hydrogen) atoms. The lowest BCUT2D eigenvalue weighted by atomic mass is 9.85. The standard InChI is InChI=1S/C16H19F2NO2/c17-14(18)16(7-3-4-8-16)15(21)19-13-11-6-2-1-5-10(11)9-12(13)20/h1-2,5-6,12-14,20H,3-4,7-9H2,(H,19,21)/t12-,13+/m1/s1. The monoisotopic (exact) mass is 295 g/mol. The van der Waals surface area contributed by atoms with Gasteiger partial charge in [-0.1, -0.05) is 37.1 Å². The number of hydrogen-bond donors (Lipinski definition) is 2. The maximum atomic E-state index is 13.4. The Bertz CT molecular complexity index is 541. The number of benzene rings is 1. The second-order valence-corrected chi connectivity index (χ2v) is 6.09. The number of alkyl halides is 2. The number of carbonyl (C=O) groups excluding carboxylic acids is 1. The van der Waals surface area contributed by atoms with Crippen LogP contribution >= 0.6 is 0 Å². The fraction of sp³-hybridized carbons (Fsp3) is 0.562. The first-order chi connectivity index (χ1) is 10.0. The van der Waals surface area contributed by atoms with Gasteiger partial charge >= 0.3 is 0 Å². The van der Waals surface area contributed by atoms with Crippen LogP contribution in [0.3, 0.4) is 0 Å². The number of rotatable bonds is 3. The van der Waals surface area contributed by atoms with Crippen LogP contribution < -0.4 is 5.32 Å². The molecule has 0 aliphatic heterocycles. The first-order valence-corrected chi connectivity index (χ1v) is 7.39. The van der Waals surface area contributed by atoms with Crippen LogP contribution in [-0.4, -0.2) is 23.5 Å². The molecule has 0 saturated heterocycles. The van der Waals surface area contributed by atoms with E-state index in [1.807, 2.05) is 24.3 Å². The number of hydrogen-bond acceptors (Lipinski definition) is 2. The lowest BCUT2D eigenvalue weighted by Gasteiger charge is -2.29. The van der Waals surface area contributed by atoms with Gasteiger partial charge in [-0.2, -0.15) is 0 Å². The maximum Gasteiger partial charge on any atom is 0.252 e. The van der Waals surface area contributed by atoms with Gasteiger partial charge in [0.05, 0.1) is 12.1 Å². The molecule has 5 heteroatoms. The molecule has 114 valence electrons. The predicted molar refractivity (Wildman–Crippen MR) is 73.9 cm³/mol. The minimum atomic E-state index is -2.66. The van der Waals surface area contributed by atoms with Gasteiger partial charge in [0.1, 0.15) is 5.41 Å². The van der Waals surface area contributed by atoms with Gasteiger partial charge in [0.15, 0.2) is 0 Å². The molecule has 1 fully saturated rings. The van der Waals surface area contributed by atoms with Crippen molar-refractivity contribution in [3.05, 3.63) is 35.4 Å². The number of amides is 1. The fourth-order valence-electron chi connectivity index (χ4n) is 3.58. The summed E-state index contributed by atoms with van der Waals surface area (Å²) in [5.41, 5.74) is 0.227. The maximum absolute atomic E-state index is 13.4. The van der Waals surface area contributed by atoms with Crippen LogP contribution in [0.15, 0.2) is 24.3 Å². The van der Waals surface area contributed by atoms with E-state index < -0.39 is 29.9 Å². The average Bonchev–Trinajstić information content (AvgIpc) is 3.05. The van der Waals surface area contributed by atoms with E-state index in [1.165, 1.54) is 0 Å². The van der Waals surface area contributed by atoms with Crippen molar-refractivity contribution in [1.29, 1.82) is 0 Å². The van der Waals surface area contributed by atoms with Gasteiger partial charge in [-0.05, 0) is 24.0 Å². The van der Waals surface area contributed by atoms with Gasteiger partial charge in [0.25, 0.3) is 6.43 Å². The number of halogens is 2. The van der Waals surface area contributed by atoms with Crippen LogP contribution in [0.1, 0.15) is 42.9 Å². The summed E-state index contributed by atoms with van der Waals surface area (Å²) in [6, 6.07) is 6.84. The molecule has 2 N–H and O–H groups in total. The topological polar surface area (TPSA) is 49.3 Å². The summed E-state index contributed by atoms with van der Waals surface area (Å²) in [5.74, 6) is -0.615. The van der Waals surface area contributed by atoms with Crippen molar-refractivity contribution in [1.82, 2.24) is 5.32 Å². The number of carbonyl (C=O) groups is 1. The Labute approximate surface area is 122 Å². The van der Waals surface area contributed by atoms with Gasteiger partial charge in [-0.25, -0.2) is 8.78 Å². The molecule has 1 aromatic carbocycles. The van der Waals surface area contributed by atoms with Crippen LogP contribution in [0, 0.1) is 5.41 Å². The third-order valence-electron chi connectivity index (χ3n) is 4.86. The highest BCUT2D eigenvalue weighted by Crippen LogP contribution is 2.44. The highest BCUT2D eigenvalue weighted by Gasteiger charge is 2.50. The van der Waals surface area contributed by atoms with Crippen molar-refractivity contribution in [2.24, 2.45) is 5.41 Å². The Morgan fingerprint density at radius 3 is 2.62 bits per heavy atom. The minimum Gasteiger partial charge on any atom is -0.390 e. The van der Waals surface area contributed by atoms with E-state index >= 15 is 0 Å². The zero-order valence-corrected chi connectivity index (χ0v) is 11.7. The molecular formula is C16H19F2NO2. The van der Waals surface area contributed by atoms with Crippen LogP contribution in [0.25, 0.3) is 0 Å². The van der Waals surface area contributed by atoms with Crippen molar-refractivity contribution in [2.75, 3.05) is 0 Å². The smallest absolute Gasteiger partial charge is 0.252 e. The predicted octanol–water partition coefficient (Wildman–Crippen LogP) is 2.59. The summed E-state index contributed by atoms with van der Waals surface area (Å²) >= 11 is 0. The largest absolute Gasteiger partial charge is 0.390 e. The highest BCUT2D eigenvalue weighted by atomic mass is 19.3. The van der Waals surface area contributed by atoms with Crippen LogP contribution in [0.4, 0.5) is 8.78 Å². The molecule has 0 bridgehead atoms. The van der Waals surface area contributed by atoms with E-state index in [0.29, 0.717) is 19.3 Å². The van der Waals surface area contributed by atoms with Crippen molar-refractivity contribution < 1.29 is 18.7 Å². The lowest BCUT2D eigenvalue weighted by molar-refractivity contribution is -0.142. The molecule has 2 aliphatic carbocycles. The van der Waals surface area contributed by atoms with Crippen LogP contribution in [-0.2, 0) is 11.2 Å². The Morgan fingerprint density at radius 1 is 1.29 bits per heavy atom. The summed E-state index contributed by atoms with van der Waals surface area (Å²) in [6.45, 7) is 0. The second-order valence-electron chi connectivity index (χ2n) is 6.09. The third kappa shape index (κ3) is 2.33. The van der Waals surface area contributed by atoms with Crippen molar-refractivity contribution >= 4 is 5.91 Å². The lowest BCUT2D eigenvalue weighted by Crippen LogP contribution is -2.47. The Hall–Kier alpha value is -1.49. The number of aliphatic hydroxyl groups excluding tert-OH is 1. The quantitative estimate of drug-likeness (QED) is 0.900. The second kappa shape index (κ2) is 5.37. The molecule has 1 aromatic rings. The summed E-state index contributed by atoms with van der Waals surface area (Å²) in [5, 5.41) is 12.8. The van der Waals surface area contributed by atoms with E-state index in [2.05, 4.69) is 5.32 Å². The summed E-state index contributed by atoms with van der Waals surface area (Å²) in [7, 11) is 0. The molecular weight excluding hydrogens is 276 g/mol. The normalized spacial score (nSPS) is 26.9. The Kier molecular flexibility index (Phi) is 3.69.